The summed E-state index contributed by atoms with van der Waals surface area (Å²) < 4.78 is 0. The Morgan fingerprint density at radius 1 is 0.968 bits per heavy atom. The van der Waals surface area contributed by atoms with Crippen LogP contribution in [0.1, 0.15) is 28.8 Å². The van der Waals surface area contributed by atoms with E-state index in [2.05, 4.69) is 28.5 Å². The molecule has 5 heteroatoms. The van der Waals surface area contributed by atoms with Crippen LogP contribution in [0, 0.1) is 5.41 Å². The second-order valence-corrected chi connectivity index (χ2v) is 8.14. The number of likely N-dealkylation sites (tertiary alicyclic amines) is 1. The quantitative estimate of drug-likeness (QED) is 0.689. The fourth-order valence-corrected chi connectivity index (χ4v) is 4.44. The van der Waals surface area contributed by atoms with Crippen LogP contribution in [0.3, 0.4) is 0 Å². The first-order valence-corrected chi connectivity index (χ1v) is 10.7. The first kappa shape index (κ1) is 20.8. The number of carbonyl (C=O) groups is 2. The molecular formula is C26H27N3O2. The molecule has 0 atom stereocenters. The van der Waals surface area contributed by atoms with Crippen LogP contribution in [0.15, 0.2) is 79.1 Å². The van der Waals surface area contributed by atoms with Crippen molar-refractivity contribution in [3.63, 3.8) is 0 Å². The zero-order chi connectivity index (χ0) is 21.7. The molecule has 1 aliphatic rings. The molecule has 0 aliphatic carbocycles. The molecule has 1 N–H and O–H groups in total. The van der Waals surface area contributed by atoms with Crippen molar-refractivity contribution in [2.45, 2.75) is 19.3 Å². The van der Waals surface area contributed by atoms with E-state index >= 15 is 0 Å². The summed E-state index contributed by atoms with van der Waals surface area (Å²) in [6.45, 7) is 1.15. The van der Waals surface area contributed by atoms with E-state index in [0.717, 1.165) is 16.7 Å². The minimum atomic E-state index is -0.518. The average molecular weight is 414 g/mol. The van der Waals surface area contributed by atoms with E-state index in [1.807, 2.05) is 59.6 Å². The largest absolute Gasteiger partial charge is 0.359 e. The Hall–Kier alpha value is -3.47. The lowest BCUT2D eigenvalue weighted by Crippen LogP contribution is -2.50. The van der Waals surface area contributed by atoms with Gasteiger partial charge in [-0.15, -0.1) is 0 Å². The molecule has 0 spiro atoms. The molecule has 1 aliphatic heterocycles. The lowest BCUT2D eigenvalue weighted by Gasteiger charge is -2.40. The number of aromatic nitrogens is 1. The van der Waals surface area contributed by atoms with Gasteiger partial charge in [-0.25, -0.2) is 0 Å². The molecule has 3 aromatic rings. The molecule has 0 unspecified atom stereocenters. The molecule has 5 nitrogen and oxygen atoms in total. The van der Waals surface area contributed by atoms with Crippen molar-refractivity contribution in [2.24, 2.45) is 5.41 Å². The van der Waals surface area contributed by atoms with Gasteiger partial charge < -0.3 is 10.2 Å². The summed E-state index contributed by atoms with van der Waals surface area (Å²) in [5, 5.41) is 2.87. The van der Waals surface area contributed by atoms with Crippen LogP contribution in [0.2, 0.25) is 0 Å². The lowest BCUT2D eigenvalue weighted by atomic mass is 9.72. The van der Waals surface area contributed by atoms with Crippen molar-refractivity contribution >= 4 is 11.8 Å². The number of rotatable bonds is 5. The average Bonchev–Trinajstić information content (AvgIpc) is 2.85. The van der Waals surface area contributed by atoms with Gasteiger partial charge in [-0.3, -0.25) is 14.6 Å². The van der Waals surface area contributed by atoms with Crippen molar-refractivity contribution in [3.05, 3.63) is 90.3 Å². The summed E-state index contributed by atoms with van der Waals surface area (Å²) in [5.74, 6) is 0.0794. The van der Waals surface area contributed by atoms with Gasteiger partial charge in [0.1, 0.15) is 0 Å². The Bertz CT molecular complexity index is 1040. The first-order valence-electron chi connectivity index (χ1n) is 10.7. The first-order chi connectivity index (χ1) is 15.1. The standard InChI is InChI=1S/C26H27N3O2/c1-27-25(31)26(12-15-29(16-13-26)24(30)21-8-3-2-4-9-21)18-20-7-5-10-22(17-20)23-11-6-14-28-19-23/h2-11,14,17,19H,12-13,15-16,18H2,1H3,(H,27,31). The fourth-order valence-electron chi connectivity index (χ4n) is 4.44. The lowest BCUT2D eigenvalue weighted by molar-refractivity contribution is -0.133. The van der Waals surface area contributed by atoms with E-state index in [-0.39, 0.29) is 11.8 Å². The topological polar surface area (TPSA) is 62.3 Å². The van der Waals surface area contributed by atoms with Crippen molar-refractivity contribution < 1.29 is 9.59 Å². The number of nitrogens with one attached hydrogen (secondary N) is 1. The zero-order valence-corrected chi connectivity index (χ0v) is 17.8. The summed E-state index contributed by atoms with van der Waals surface area (Å²) in [6, 6.07) is 21.6. The summed E-state index contributed by atoms with van der Waals surface area (Å²) in [4.78, 5) is 31.9. The molecule has 0 saturated carbocycles. The van der Waals surface area contributed by atoms with Gasteiger partial charge in [0.05, 0.1) is 5.41 Å². The van der Waals surface area contributed by atoms with Gasteiger partial charge in [0, 0.05) is 38.1 Å². The number of amides is 2. The Balaban J connectivity index is 1.53. The number of nitrogens with zero attached hydrogens (tertiary/aromatic N) is 2. The van der Waals surface area contributed by atoms with Crippen LogP contribution in [0.25, 0.3) is 11.1 Å². The molecule has 2 amide bonds. The van der Waals surface area contributed by atoms with Crippen molar-refractivity contribution in [2.75, 3.05) is 20.1 Å². The highest BCUT2D eigenvalue weighted by Crippen LogP contribution is 2.36. The summed E-state index contributed by atoms with van der Waals surface area (Å²) in [6.07, 6.45) is 5.54. The Morgan fingerprint density at radius 3 is 2.39 bits per heavy atom. The Kier molecular flexibility index (Phi) is 6.12. The minimum absolute atomic E-state index is 0.0321. The molecule has 1 aromatic heterocycles. The maximum Gasteiger partial charge on any atom is 0.253 e. The van der Waals surface area contributed by atoms with Gasteiger partial charge >= 0.3 is 0 Å². The summed E-state index contributed by atoms with van der Waals surface area (Å²) in [7, 11) is 1.69. The second kappa shape index (κ2) is 9.13. The van der Waals surface area contributed by atoms with Crippen LogP contribution in [0.4, 0.5) is 0 Å². The van der Waals surface area contributed by atoms with Crippen molar-refractivity contribution in [1.29, 1.82) is 0 Å². The smallest absolute Gasteiger partial charge is 0.253 e. The zero-order valence-electron chi connectivity index (χ0n) is 17.8. The van der Waals surface area contributed by atoms with Crippen LogP contribution in [0.5, 0.6) is 0 Å². The highest BCUT2D eigenvalue weighted by atomic mass is 16.2. The van der Waals surface area contributed by atoms with Crippen LogP contribution >= 0.6 is 0 Å². The molecule has 1 fully saturated rings. The molecular weight excluding hydrogens is 386 g/mol. The monoisotopic (exact) mass is 413 g/mol. The molecule has 0 radical (unpaired) electrons. The predicted octanol–water partition coefficient (Wildman–Crippen LogP) is 3.96. The molecule has 158 valence electrons. The number of hydrogen-bond donors (Lipinski definition) is 1. The third-order valence-electron chi connectivity index (χ3n) is 6.20. The van der Waals surface area contributed by atoms with E-state index in [9.17, 15) is 9.59 Å². The molecule has 31 heavy (non-hydrogen) atoms. The van der Waals surface area contributed by atoms with Gasteiger partial charge in [-0.2, -0.15) is 0 Å². The molecule has 4 rings (SSSR count). The van der Waals surface area contributed by atoms with Crippen LogP contribution < -0.4 is 5.32 Å². The highest BCUT2D eigenvalue weighted by Gasteiger charge is 2.42. The number of hydrogen-bond acceptors (Lipinski definition) is 3. The van der Waals surface area contributed by atoms with E-state index in [4.69, 9.17) is 0 Å². The highest BCUT2D eigenvalue weighted by molar-refractivity contribution is 5.94. The number of piperidine rings is 1. The van der Waals surface area contributed by atoms with Crippen LogP contribution in [-0.4, -0.2) is 41.8 Å². The van der Waals surface area contributed by atoms with E-state index in [0.29, 0.717) is 37.9 Å². The maximum atomic E-state index is 13.0. The van der Waals surface area contributed by atoms with Gasteiger partial charge in [0.15, 0.2) is 0 Å². The Morgan fingerprint density at radius 2 is 1.71 bits per heavy atom. The van der Waals surface area contributed by atoms with E-state index < -0.39 is 5.41 Å². The molecule has 0 bridgehead atoms. The SMILES string of the molecule is CNC(=O)C1(Cc2cccc(-c3cccnc3)c2)CCN(C(=O)c2ccccc2)CC1. The molecule has 2 heterocycles. The third kappa shape index (κ3) is 4.50. The molecule has 2 aromatic carbocycles. The van der Waals surface area contributed by atoms with Gasteiger partial charge in [0.25, 0.3) is 5.91 Å². The normalized spacial score (nSPS) is 15.3. The Labute approximate surface area is 183 Å². The van der Waals surface area contributed by atoms with Crippen molar-refractivity contribution in [3.8, 4) is 11.1 Å². The van der Waals surface area contributed by atoms with E-state index in [1.165, 1.54) is 0 Å². The van der Waals surface area contributed by atoms with Crippen LogP contribution in [-0.2, 0) is 11.2 Å². The maximum absolute atomic E-state index is 13.0. The minimum Gasteiger partial charge on any atom is -0.359 e. The third-order valence-corrected chi connectivity index (χ3v) is 6.20. The summed E-state index contributed by atoms with van der Waals surface area (Å²) >= 11 is 0. The molecule has 1 saturated heterocycles. The summed E-state index contributed by atoms with van der Waals surface area (Å²) in [5.41, 5.74) is 3.44. The fraction of sp³-hybridized carbons (Fsp3) is 0.269. The number of pyridine rings is 1. The van der Waals surface area contributed by atoms with Gasteiger partial charge in [-0.1, -0.05) is 48.5 Å². The predicted molar refractivity (Wildman–Crippen MR) is 121 cm³/mol. The number of carbonyl (C=O) groups excluding carboxylic acids is 2. The van der Waals surface area contributed by atoms with Gasteiger partial charge in [0.2, 0.25) is 5.91 Å². The van der Waals surface area contributed by atoms with E-state index in [1.54, 1.807) is 13.2 Å². The van der Waals surface area contributed by atoms with Gasteiger partial charge in [-0.05, 0) is 54.2 Å². The number of benzene rings is 2. The van der Waals surface area contributed by atoms with Crippen molar-refractivity contribution in [1.82, 2.24) is 15.2 Å². The second-order valence-electron chi connectivity index (χ2n) is 8.14.